The number of nitro benzene ring substituents is 1. The van der Waals surface area contributed by atoms with Gasteiger partial charge in [-0.15, -0.1) is 0 Å². The van der Waals surface area contributed by atoms with Crippen LogP contribution in [0.5, 0.6) is 5.75 Å². The third-order valence-electron chi connectivity index (χ3n) is 4.20. The van der Waals surface area contributed by atoms with Gasteiger partial charge < -0.3 is 10.2 Å². The molecule has 0 saturated carbocycles. The van der Waals surface area contributed by atoms with E-state index in [2.05, 4.69) is 5.10 Å². The molecule has 0 radical (unpaired) electrons. The van der Waals surface area contributed by atoms with Crippen LogP contribution < -0.4 is 0 Å². The van der Waals surface area contributed by atoms with Gasteiger partial charge in [0, 0.05) is 16.7 Å². The number of phenolic OH excluding ortho intramolecular Hbond substituents is 1. The molecule has 0 spiro atoms. The first-order valence-electron chi connectivity index (χ1n) is 8.42. The summed E-state index contributed by atoms with van der Waals surface area (Å²) in [5.41, 5.74) is 1.04. The van der Waals surface area contributed by atoms with Crippen molar-refractivity contribution in [2.75, 3.05) is 0 Å². The molecule has 144 valence electrons. The van der Waals surface area contributed by atoms with Crippen LogP contribution in [0.4, 0.5) is 5.69 Å². The molecule has 28 heavy (non-hydrogen) atoms. The number of nitro groups is 1. The minimum Gasteiger partial charge on any atom is -0.502 e. The molecule has 0 atom stereocenters. The van der Waals surface area contributed by atoms with Gasteiger partial charge in [-0.2, -0.15) is 5.10 Å². The predicted octanol–water partition coefficient (Wildman–Crippen LogP) is 4.46. The molecule has 1 aromatic heterocycles. The quantitative estimate of drug-likeness (QED) is 0.465. The van der Waals surface area contributed by atoms with Gasteiger partial charge in [0.1, 0.15) is 11.3 Å². The van der Waals surface area contributed by atoms with E-state index in [4.69, 9.17) is 11.6 Å². The summed E-state index contributed by atoms with van der Waals surface area (Å²) in [5, 5.41) is 35.7. The first-order chi connectivity index (χ1) is 13.3. The van der Waals surface area contributed by atoms with Crippen LogP contribution in [-0.4, -0.2) is 30.9 Å². The minimum absolute atomic E-state index is 0.00921. The van der Waals surface area contributed by atoms with Gasteiger partial charge in [-0.3, -0.25) is 10.1 Å². The maximum atomic E-state index is 12.0. The number of rotatable bonds is 6. The Kier molecular flexibility index (Phi) is 5.32. The molecule has 8 nitrogen and oxygen atoms in total. The summed E-state index contributed by atoms with van der Waals surface area (Å²) < 4.78 is 1.52. The van der Waals surface area contributed by atoms with Gasteiger partial charge in [-0.05, 0) is 42.8 Å². The number of hydrogen-bond donors (Lipinski definition) is 2. The maximum Gasteiger partial charge on any atom is 0.339 e. The lowest BCUT2D eigenvalue weighted by Gasteiger charge is -2.07. The maximum absolute atomic E-state index is 12.0. The van der Waals surface area contributed by atoms with E-state index in [0.717, 1.165) is 12.1 Å². The molecule has 0 aliphatic carbocycles. The van der Waals surface area contributed by atoms with Gasteiger partial charge in [0.25, 0.3) is 0 Å². The lowest BCUT2D eigenvalue weighted by Crippen LogP contribution is -2.06. The summed E-state index contributed by atoms with van der Waals surface area (Å²) in [5.74, 6) is -1.73. The van der Waals surface area contributed by atoms with Crippen molar-refractivity contribution in [3.8, 4) is 22.7 Å². The van der Waals surface area contributed by atoms with E-state index < -0.39 is 22.3 Å². The fourth-order valence-electron chi connectivity index (χ4n) is 2.97. The fourth-order valence-corrected chi connectivity index (χ4v) is 3.09. The van der Waals surface area contributed by atoms with E-state index in [0.29, 0.717) is 29.2 Å². The van der Waals surface area contributed by atoms with Gasteiger partial charge in [0.05, 0.1) is 16.3 Å². The normalized spacial score (nSPS) is 10.8. The van der Waals surface area contributed by atoms with Crippen LogP contribution in [0.15, 0.2) is 42.5 Å². The third-order valence-corrected chi connectivity index (χ3v) is 4.45. The van der Waals surface area contributed by atoms with E-state index >= 15 is 0 Å². The fraction of sp³-hybridized carbons (Fsp3) is 0.158. The van der Waals surface area contributed by atoms with Gasteiger partial charge >= 0.3 is 11.7 Å². The van der Waals surface area contributed by atoms with E-state index in [-0.39, 0.29) is 16.8 Å². The Morgan fingerprint density at radius 2 is 1.93 bits per heavy atom. The second-order valence-electron chi connectivity index (χ2n) is 6.07. The number of carboxylic acid groups (broad SMARTS) is 1. The summed E-state index contributed by atoms with van der Waals surface area (Å²) in [7, 11) is 0. The zero-order chi connectivity index (χ0) is 20.4. The Bertz CT molecular complexity index is 1060. The average molecular weight is 402 g/mol. The zero-order valence-electron chi connectivity index (χ0n) is 14.8. The van der Waals surface area contributed by atoms with E-state index in [1.165, 1.54) is 10.7 Å². The van der Waals surface area contributed by atoms with Crippen LogP contribution >= 0.6 is 11.6 Å². The number of hydrogen-bond acceptors (Lipinski definition) is 5. The average Bonchev–Trinajstić information content (AvgIpc) is 3.02. The number of carbonyl (C=O) groups is 1. The van der Waals surface area contributed by atoms with E-state index in [1.807, 2.05) is 6.92 Å². The molecule has 0 aliphatic rings. The van der Waals surface area contributed by atoms with Crippen molar-refractivity contribution in [1.82, 2.24) is 9.78 Å². The van der Waals surface area contributed by atoms with Crippen molar-refractivity contribution in [2.24, 2.45) is 0 Å². The van der Waals surface area contributed by atoms with Crippen molar-refractivity contribution in [1.29, 1.82) is 0 Å². The SMILES string of the molecule is CCCc1c(C(=O)O)c(-c2ccc([N+](=O)[O-])c(O)c2)nn1-c1ccc(Cl)cc1. The van der Waals surface area contributed by atoms with Crippen LogP contribution in [0.1, 0.15) is 29.4 Å². The van der Waals surface area contributed by atoms with E-state index in [1.54, 1.807) is 24.3 Å². The molecular weight excluding hydrogens is 386 g/mol. The monoisotopic (exact) mass is 401 g/mol. The number of halogens is 1. The molecule has 0 unspecified atom stereocenters. The van der Waals surface area contributed by atoms with Crippen molar-refractivity contribution >= 4 is 23.3 Å². The number of benzene rings is 2. The Labute approximate surface area is 164 Å². The highest BCUT2D eigenvalue weighted by Gasteiger charge is 2.26. The van der Waals surface area contributed by atoms with E-state index in [9.17, 15) is 25.1 Å². The summed E-state index contributed by atoms with van der Waals surface area (Å²) in [6, 6.07) is 10.4. The van der Waals surface area contributed by atoms with Crippen molar-refractivity contribution in [2.45, 2.75) is 19.8 Å². The molecular formula is C19H16ClN3O5. The number of aromatic carboxylic acids is 1. The molecule has 3 rings (SSSR count). The summed E-state index contributed by atoms with van der Waals surface area (Å²) >= 11 is 5.93. The number of phenols is 1. The standard InChI is InChI=1S/C19H16ClN3O5/c1-2-3-15-17(19(25)26)18(11-4-9-14(23(27)28)16(24)10-11)21-22(15)13-7-5-12(20)6-8-13/h4-10,24H,2-3H2,1H3,(H,25,26). The van der Waals surface area contributed by atoms with Crippen LogP contribution in [0.25, 0.3) is 16.9 Å². The molecule has 3 aromatic rings. The Morgan fingerprint density at radius 1 is 1.25 bits per heavy atom. The van der Waals surface area contributed by atoms with Crippen LogP contribution in [-0.2, 0) is 6.42 Å². The van der Waals surface area contributed by atoms with Crippen LogP contribution in [0, 0.1) is 10.1 Å². The largest absolute Gasteiger partial charge is 0.502 e. The van der Waals surface area contributed by atoms with Crippen molar-refractivity contribution < 1.29 is 19.9 Å². The number of aromatic hydroxyl groups is 1. The predicted molar refractivity (Wildman–Crippen MR) is 103 cm³/mol. The van der Waals surface area contributed by atoms with Gasteiger partial charge in [-0.1, -0.05) is 24.9 Å². The van der Waals surface area contributed by atoms with Crippen molar-refractivity contribution in [3.05, 3.63) is 68.9 Å². The highest BCUT2D eigenvalue weighted by atomic mass is 35.5. The summed E-state index contributed by atoms with van der Waals surface area (Å²) in [6.07, 6.45) is 1.14. The molecule has 0 saturated heterocycles. The van der Waals surface area contributed by atoms with Crippen LogP contribution in [0.3, 0.4) is 0 Å². The molecule has 0 aliphatic heterocycles. The number of carboxylic acids is 1. The summed E-state index contributed by atoms with van der Waals surface area (Å²) in [4.78, 5) is 22.2. The first-order valence-corrected chi connectivity index (χ1v) is 8.80. The smallest absolute Gasteiger partial charge is 0.339 e. The molecule has 1 heterocycles. The van der Waals surface area contributed by atoms with Gasteiger partial charge in [0.15, 0.2) is 5.75 Å². The highest BCUT2D eigenvalue weighted by molar-refractivity contribution is 6.30. The Balaban J connectivity index is 2.25. The summed E-state index contributed by atoms with van der Waals surface area (Å²) in [6.45, 7) is 1.92. The lowest BCUT2D eigenvalue weighted by atomic mass is 10.0. The number of aromatic nitrogens is 2. The topological polar surface area (TPSA) is 118 Å². The van der Waals surface area contributed by atoms with Gasteiger partial charge in [0.2, 0.25) is 0 Å². The van der Waals surface area contributed by atoms with Gasteiger partial charge in [-0.25, -0.2) is 9.48 Å². The molecule has 0 fully saturated rings. The number of nitrogens with zero attached hydrogens (tertiary/aromatic N) is 3. The zero-order valence-corrected chi connectivity index (χ0v) is 15.6. The second-order valence-corrected chi connectivity index (χ2v) is 6.51. The molecule has 9 heteroatoms. The lowest BCUT2D eigenvalue weighted by molar-refractivity contribution is -0.385. The molecule has 2 N–H and O–H groups in total. The minimum atomic E-state index is -1.17. The van der Waals surface area contributed by atoms with Crippen LogP contribution in [0.2, 0.25) is 5.02 Å². The second kappa shape index (κ2) is 7.69. The third kappa shape index (κ3) is 3.54. The Morgan fingerprint density at radius 3 is 2.46 bits per heavy atom. The van der Waals surface area contributed by atoms with Crippen molar-refractivity contribution in [3.63, 3.8) is 0 Å². The molecule has 0 bridgehead atoms. The molecule has 2 aromatic carbocycles. The first kappa shape index (κ1) is 19.4. The molecule has 0 amide bonds. The Hall–Kier alpha value is -3.39. The highest BCUT2D eigenvalue weighted by Crippen LogP contribution is 2.34.